The van der Waals surface area contributed by atoms with Gasteiger partial charge in [-0.25, -0.2) is 4.79 Å². The molecule has 0 atom stereocenters. The number of carbonyl (C=O) groups is 1. The van der Waals surface area contributed by atoms with Crippen LogP contribution in [0, 0.1) is 0 Å². The predicted octanol–water partition coefficient (Wildman–Crippen LogP) is 2.17. The lowest BCUT2D eigenvalue weighted by molar-refractivity contribution is 0.227. The van der Waals surface area contributed by atoms with Crippen LogP contribution in [0.3, 0.4) is 0 Å². The van der Waals surface area contributed by atoms with Crippen molar-refractivity contribution in [2.45, 2.75) is 26.3 Å². The maximum atomic E-state index is 11.5. The molecule has 1 rings (SSSR count). The second-order valence-electron chi connectivity index (χ2n) is 5.13. The Hall–Kier alpha value is -1.91. The minimum Gasteiger partial charge on any atom is -0.493 e. The largest absolute Gasteiger partial charge is 0.493 e. The second-order valence-corrected chi connectivity index (χ2v) is 5.13. The molecule has 0 saturated heterocycles. The average Bonchev–Trinajstić information content (AvgIpc) is 2.33. The molecule has 0 aliphatic heterocycles. The Morgan fingerprint density at radius 3 is 2.42 bits per heavy atom. The third-order valence-electron chi connectivity index (χ3n) is 2.20. The van der Waals surface area contributed by atoms with Crippen molar-refractivity contribution in [1.82, 2.24) is 10.6 Å². The number of benzene rings is 1. The van der Waals surface area contributed by atoms with Gasteiger partial charge in [-0.3, -0.25) is 0 Å². The highest BCUT2D eigenvalue weighted by atomic mass is 16.5. The summed E-state index contributed by atoms with van der Waals surface area (Å²) in [4.78, 5) is 11.5. The lowest BCUT2D eigenvalue weighted by atomic mass is 10.1. The van der Waals surface area contributed by atoms with E-state index in [0.717, 1.165) is 0 Å². The maximum absolute atomic E-state index is 11.5. The molecule has 0 unspecified atom stereocenters. The summed E-state index contributed by atoms with van der Waals surface area (Å²) in [6.45, 7) is 6.60. The molecule has 0 saturated carbocycles. The van der Waals surface area contributed by atoms with Crippen molar-refractivity contribution in [3.8, 4) is 11.5 Å². The van der Waals surface area contributed by atoms with Crippen LogP contribution in [0.4, 0.5) is 4.79 Å². The number of rotatable bonds is 5. The van der Waals surface area contributed by atoms with Crippen LogP contribution in [-0.2, 0) is 0 Å². The maximum Gasteiger partial charge on any atom is 0.315 e. The summed E-state index contributed by atoms with van der Waals surface area (Å²) in [6.07, 6.45) is 0. The first-order valence-corrected chi connectivity index (χ1v) is 6.24. The smallest absolute Gasteiger partial charge is 0.315 e. The number of carbonyl (C=O) groups excluding carboxylic acids is 1. The average molecular weight is 266 g/mol. The van der Waals surface area contributed by atoms with Gasteiger partial charge in [0.1, 0.15) is 6.61 Å². The minimum absolute atomic E-state index is 0.198. The number of ether oxygens (including phenoxy) is 2. The molecule has 5 nitrogen and oxygen atoms in total. The lowest BCUT2D eigenvalue weighted by Crippen LogP contribution is -2.47. The van der Waals surface area contributed by atoms with E-state index < -0.39 is 0 Å². The fourth-order valence-corrected chi connectivity index (χ4v) is 1.45. The third kappa shape index (κ3) is 5.99. The predicted molar refractivity (Wildman–Crippen MR) is 74.8 cm³/mol. The third-order valence-corrected chi connectivity index (χ3v) is 2.20. The molecule has 1 aromatic rings. The van der Waals surface area contributed by atoms with Gasteiger partial charge in [0.25, 0.3) is 0 Å². The van der Waals surface area contributed by atoms with Gasteiger partial charge in [0.15, 0.2) is 11.5 Å². The Morgan fingerprint density at radius 2 is 1.84 bits per heavy atom. The summed E-state index contributed by atoms with van der Waals surface area (Å²) in [5.41, 5.74) is -0.242. The summed E-state index contributed by atoms with van der Waals surface area (Å²) >= 11 is 0. The summed E-state index contributed by atoms with van der Waals surface area (Å²) in [5.74, 6) is 1.35. The molecule has 19 heavy (non-hydrogen) atoms. The number of hydrogen-bond donors (Lipinski definition) is 2. The molecule has 0 aromatic heterocycles. The Kier molecular flexibility index (Phi) is 5.48. The number of hydrogen-bond acceptors (Lipinski definition) is 3. The van der Waals surface area contributed by atoms with E-state index in [1.165, 1.54) is 0 Å². The van der Waals surface area contributed by atoms with E-state index in [-0.39, 0.29) is 11.6 Å². The van der Waals surface area contributed by atoms with Crippen molar-refractivity contribution in [3.63, 3.8) is 0 Å². The van der Waals surface area contributed by atoms with E-state index in [1.54, 1.807) is 7.11 Å². The van der Waals surface area contributed by atoms with Crippen LogP contribution in [0.25, 0.3) is 0 Å². The number of para-hydroxylation sites is 2. The molecule has 5 heteroatoms. The highest BCUT2D eigenvalue weighted by molar-refractivity contribution is 5.74. The van der Waals surface area contributed by atoms with E-state index in [1.807, 2.05) is 45.0 Å². The zero-order chi connectivity index (χ0) is 14.3. The molecular weight excluding hydrogens is 244 g/mol. The van der Waals surface area contributed by atoms with Crippen molar-refractivity contribution in [2.75, 3.05) is 20.3 Å². The van der Waals surface area contributed by atoms with Crippen LogP contribution >= 0.6 is 0 Å². The number of methoxy groups -OCH3 is 1. The van der Waals surface area contributed by atoms with E-state index >= 15 is 0 Å². The molecule has 0 spiro atoms. The fourth-order valence-electron chi connectivity index (χ4n) is 1.45. The van der Waals surface area contributed by atoms with Gasteiger partial charge >= 0.3 is 6.03 Å². The Labute approximate surface area is 114 Å². The summed E-state index contributed by atoms with van der Waals surface area (Å²) in [7, 11) is 1.59. The van der Waals surface area contributed by atoms with Crippen LogP contribution in [0.2, 0.25) is 0 Å². The van der Waals surface area contributed by atoms with E-state index in [2.05, 4.69) is 10.6 Å². The van der Waals surface area contributed by atoms with Crippen LogP contribution in [0.15, 0.2) is 24.3 Å². The van der Waals surface area contributed by atoms with Gasteiger partial charge < -0.3 is 20.1 Å². The highest BCUT2D eigenvalue weighted by Gasteiger charge is 2.12. The van der Waals surface area contributed by atoms with Crippen LogP contribution in [0.5, 0.6) is 11.5 Å². The number of nitrogens with one attached hydrogen (secondary N) is 2. The first kappa shape index (κ1) is 15.1. The molecule has 0 aliphatic carbocycles. The minimum atomic E-state index is -0.242. The van der Waals surface area contributed by atoms with Gasteiger partial charge in [0.2, 0.25) is 0 Å². The van der Waals surface area contributed by atoms with Crippen LogP contribution in [0.1, 0.15) is 20.8 Å². The van der Waals surface area contributed by atoms with Gasteiger partial charge in [-0.1, -0.05) is 12.1 Å². The molecule has 0 fully saturated rings. The SMILES string of the molecule is COc1ccccc1OCCNC(=O)NC(C)(C)C. The van der Waals surface area contributed by atoms with E-state index in [9.17, 15) is 4.79 Å². The summed E-state index contributed by atoms with van der Waals surface area (Å²) in [5, 5.41) is 5.54. The summed E-state index contributed by atoms with van der Waals surface area (Å²) in [6, 6.07) is 7.21. The van der Waals surface area contributed by atoms with Crippen molar-refractivity contribution in [1.29, 1.82) is 0 Å². The molecule has 0 radical (unpaired) electrons. The Balaban J connectivity index is 2.29. The molecule has 106 valence electrons. The van der Waals surface area contributed by atoms with Crippen LogP contribution in [-0.4, -0.2) is 31.8 Å². The van der Waals surface area contributed by atoms with Crippen molar-refractivity contribution < 1.29 is 14.3 Å². The second kappa shape index (κ2) is 6.87. The summed E-state index contributed by atoms with van der Waals surface area (Å²) < 4.78 is 10.7. The number of amides is 2. The molecule has 0 bridgehead atoms. The quantitative estimate of drug-likeness (QED) is 0.803. The van der Waals surface area contributed by atoms with Crippen molar-refractivity contribution in [3.05, 3.63) is 24.3 Å². The zero-order valence-electron chi connectivity index (χ0n) is 11.9. The Morgan fingerprint density at radius 1 is 1.21 bits per heavy atom. The zero-order valence-corrected chi connectivity index (χ0v) is 11.9. The van der Waals surface area contributed by atoms with Gasteiger partial charge in [-0.2, -0.15) is 0 Å². The monoisotopic (exact) mass is 266 g/mol. The molecule has 2 N–H and O–H groups in total. The van der Waals surface area contributed by atoms with Gasteiger partial charge in [-0.05, 0) is 32.9 Å². The first-order valence-electron chi connectivity index (χ1n) is 6.24. The van der Waals surface area contributed by atoms with Gasteiger partial charge in [0.05, 0.1) is 13.7 Å². The van der Waals surface area contributed by atoms with Gasteiger partial charge in [0, 0.05) is 5.54 Å². The fraction of sp³-hybridized carbons (Fsp3) is 0.500. The van der Waals surface area contributed by atoms with Crippen LogP contribution < -0.4 is 20.1 Å². The van der Waals surface area contributed by atoms with E-state index in [4.69, 9.17) is 9.47 Å². The molecule has 1 aromatic carbocycles. The first-order chi connectivity index (χ1) is 8.92. The highest BCUT2D eigenvalue weighted by Crippen LogP contribution is 2.25. The standard InChI is InChI=1S/C14H22N2O3/c1-14(2,3)16-13(17)15-9-10-19-12-8-6-5-7-11(12)18-4/h5-8H,9-10H2,1-4H3,(H2,15,16,17). The normalized spacial score (nSPS) is 10.7. The molecule has 0 heterocycles. The van der Waals surface area contributed by atoms with Gasteiger partial charge in [-0.15, -0.1) is 0 Å². The Bertz CT molecular complexity index is 413. The van der Waals surface area contributed by atoms with Crippen molar-refractivity contribution >= 4 is 6.03 Å². The lowest BCUT2D eigenvalue weighted by Gasteiger charge is -2.20. The molecular formula is C14H22N2O3. The molecule has 0 aliphatic rings. The number of urea groups is 1. The van der Waals surface area contributed by atoms with Crippen molar-refractivity contribution in [2.24, 2.45) is 0 Å². The van der Waals surface area contributed by atoms with E-state index in [0.29, 0.717) is 24.7 Å². The topological polar surface area (TPSA) is 59.6 Å². The molecule has 2 amide bonds.